The van der Waals surface area contributed by atoms with Crippen molar-refractivity contribution in [3.05, 3.63) is 50.1 Å². The van der Waals surface area contributed by atoms with E-state index in [-0.39, 0.29) is 16.5 Å². The average molecular weight is 366 g/mol. The summed E-state index contributed by atoms with van der Waals surface area (Å²) in [5.41, 5.74) is -0.433. The van der Waals surface area contributed by atoms with Gasteiger partial charge in [-0.1, -0.05) is 29.3 Å². The van der Waals surface area contributed by atoms with Crippen molar-refractivity contribution in [1.29, 1.82) is 0 Å². The second-order valence-electron chi connectivity index (χ2n) is 3.94. The maximum Gasteiger partial charge on any atom is 0.338 e. The van der Waals surface area contributed by atoms with Gasteiger partial charge in [-0.2, -0.15) is 0 Å². The number of hydrogen-bond acceptors (Lipinski definition) is 4. The van der Waals surface area contributed by atoms with Crippen LogP contribution in [0.1, 0.15) is 15.2 Å². The van der Waals surface area contributed by atoms with Crippen molar-refractivity contribution in [3.8, 4) is 0 Å². The van der Waals surface area contributed by atoms with Crippen molar-refractivity contribution < 1.29 is 18.3 Å². The van der Waals surface area contributed by atoms with Gasteiger partial charge in [0.15, 0.2) is 0 Å². The molecule has 0 saturated carbocycles. The molecule has 0 atom stereocenters. The molecule has 2 N–H and O–H groups in total. The molecular formula is C12H9Cl2NO4S2. The zero-order valence-electron chi connectivity index (χ0n) is 10.3. The number of sulfonamides is 1. The molecule has 0 aliphatic rings. The fourth-order valence-electron chi connectivity index (χ4n) is 1.59. The zero-order valence-corrected chi connectivity index (χ0v) is 13.5. The largest absolute Gasteiger partial charge is 0.478 e. The molecule has 2 rings (SSSR count). The summed E-state index contributed by atoms with van der Waals surface area (Å²) in [6.07, 6.45) is 0. The van der Waals surface area contributed by atoms with Gasteiger partial charge in [0.2, 0.25) is 10.0 Å². The Morgan fingerprint density at radius 1 is 1.29 bits per heavy atom. The molecule has 0 spiro atoms. The first kappa shape index (κ1) is 16.3. The molecule has 0 fully saturated rings. The highest BCUT2D eigenvalue weighted by molar-refractivity contribution is 7.89. The fourth-order valence-corrected chi connectivity index (χ4v) is 4.25. The standard InChI is InChI=1S/C12H9Cl2NO4S2/c13-8-3-4-9(11(14)10(8)12(16)17)21(18,19)15-6-7-2-1-5-20-7/h1-5,15H,6H2,(H,16,17). The number of thiophene rings is 1. The number of rotatable bonds is 5. The Kier molecular flexibility index (Phi) is 4.90. The molecule has 1 aromatic carbocycles. The van der Waals surface area contributed by atoms with E-state index in [1.165, 1.54) is 23.5 Å². The van der Waals surface area contributed by atoms with Crippen molar-refractivity contribution in [1.82, 2.24) is 4.72 Å². The Morgan fingerprint density at radius 3 is 2.57 bits per heavy atom. The van der Waals surface area contributed by atoms with Crippen LogP contribution in [-0.2, 0) is 16.6 Å². The summed E-state index contributed by atoms with van der Waals surface area (Å²) in [6.45, 7) is 0.0986. The minimum atomic E-state index is -3.94. The van der Waals surface area contributed by atoms with Crippen LogP contribution in [0.15, 0.2) is 34.5 Å². The fraction of sp³-hybridized carbons (Fsp3) is 0.0833. The summed E-state index contributed by atoms with van der Waals surface area (Å²) in [4.78, 5) is 11.6. The maximum absolute atomic E-state index is 12.2. The first-order valence-electron chi connectivity index (χ1n) is 5.56. The summed E-state index contributed by atoms with van der Waals surface area (Å²) in [5.74, 6) is -1.39. The van der Waals surface area contributed by atoms with E-state index in [2.05, 4.69) is 4.72 Å². The predicted molar refractivity (Wildman–Crippen MR) is 81.8 cm³/mol. The molecule has 9 heteroatoms. The van der Waals surface area contributed by atoms with Gasteiger partial charge in [0, 0.05) is 11.4 Å². The van der Waals surface area contributed by atoms with Crippen LogP contribution in [-0.4, -0.2) is 19.5 Å². The monoisotopic (exact) mass is 365 g/mol. The van der Waals surface area contributed by atoms with E-state index >= 15 is 0 Å². The molecule has 112 valence electrons. The number of hydrogen-bond donors (Lipinski definition) is 2. The third-order valence-corrected chi connectivity index (χ3v) is 5.72. The second kappa shape index (κ2) is 6.33. The highest BCUT2D eigenvalue weighted by Gasteiger charge is 2.24. The molecule has 0 saturated heterocycles. The van der Waals surface area contributed by atoms with Crippen molar-refractivity contribution >= 4 is 50.5 Å². The molecule has 0 radical (unpaired) electrons. The molecular weight excluding hydrogens is 357 g/mol. The lowest BCUT2D eigenvalue weighted by molar-refractivity contribution is 0.0697. The van der Waals surface area contributed by atoms with Crippen LogP contribution >= 0.6 is 34.5 Å². The minimum absolute atomic E-state index is 0.0986. The summed E-state index contributed by atoms with van der Waals surface area (Å²) < 4.78 is 26.8. The van der Waals surface area contributed by atoms with Gasteiger partial charge in [0.25, 0.3) is 0 Å². The first-order valence-corrected chi connectivity index (χ1v) is 8.68. The van der Waals surface area contributed by atoms with Gasteiger partial charge in [0.05, 0.1) is 15.6 Å². The van der Waals surface area contributed by atoms with Crippen LogP contribution in [0.25, 0.3) is 0 Å². The van der Waals surface area contributed by atoms with Crippen LogP contribution < -0.4 is 4.72 Å². The Morgan fingerprint density at radius 2 is 2.00 bits per heavy atom. The number of halogens is 2. The van der Waals surface area contributed by atoms with Gasteiger partial charge in [-0.3, -0.25) is 0 Å². The molecule has 21 heavy (non-hydrogen) atoms. The smallest absolute Gasteiger partial charge is 0.338 e. The number of carboxylic acid groups (broad SMARTS) is 1. The van der Waals surface area contributed by atoms with Gasteiger partial charge in [0.1, 0.15) is 4.90 Å². The van der Waals surface area contributed by atoms with Gasteiger partial charge in [-0.15, -0.1) is 11.3 Å². The van der Waals surface area contributed by atoms with Crippen molar-refractivity contribution in [2.45, 2.75) is 11.4 Å². The molecule has 0 amide bonds. The van der Waals surface area contributed by atoms with E-state index in [9.17, 15) is 13.2 Å². The summed E-state index contributed by atoms with van der Waals surface area (Å²) in [6, 6.07) is 5.94. The molecule has 1 heterocycles. The van der Waals surface area contributed by atoms with E-state index in [0.29, 0.717) is 0 Å². The lowest BCUT2D eigenvalue weighted by Crippen LogP contribution is -2.23. The lowest BCUT2D eigenvalue weighted by atomic mass is 10.2. The normalized spacial score (nSPS) is 11.5. The van der Waals surface area contributed by atoms with Crippen LogP contribution in [0, 0.1) is 0 Å². The topological polar surface area (TPSA) is 83.5 Å². The van der Waals surface area contributed by atoms with E-state index in [4.69, 9.17) is 28.3 Å². The van der Waals surface area contributed by atoms with Crippen LogP contribution in [0.5, 0.6) is 0 Å². The highest BCUT2D eigenvalue weighted by Crippen LogP contribution is 2.31. The summed E-state index contributed by atoms with van der Waals surface area (Å²) in [7, 11) is -3.94. The van der Waals surface area contributed by atoms with Gasteiger partial charge < -0.3 is 5.11 Å². The maximum atomic E-state index is 12.2. The third-order valence-electron chi connectivity index (χ3n) is 2.58. The van der Waals surface area contributed by atoms with Gasteiger partial charge >= 0.3 is 5.97 Å². The lowest BCUT2D eigenvalue weighted by Gasteiger charge is -2.10. The predicted octanol–water partition coefficient (Wildman–Crippen LogP) is 3.23. The number of nitrogens with one attached hydrogen (secondary N) is 1. The Hall–Kier alpha value is -1.12. The number of benzene rings is 1. The Labute approximate surface area is 135 Å². The Balaban J connectivity index is 2.36. The SMILES string of the molecule is O=C(O)c1c(Cl)ccc(S(=O)(=O)NCc2cccs2)c1Cl. The quantitative estimate of drug-likeness (QED) is 0.851. The van der Waals surface area contributed by atoms with Crippen molar-refractivity contribution in [2.24, 2.45) is 0 Å². The zero-order chi connectivity index (χ0) is 15.6. The first-order chi connectivity index (χ1) is 9.83. The van der Waals surface area contributed by atoms with E-state index in [1.54, 1.807) is 12.1 Å². The minimum Gasteiger partial charge on any atom is -0.478 e. The van der Waals surface area contributed by atoms with Crippen LogP contribution in [0.4, 0.5) is 0 Å². The summed E-state index contributed by atoms with van der Waals surface area (Å²) in [5, 5.41) is 10.3. The van der Waals surface area contributed by atoms with Gasteiger partial charge in [-0.25, -0.2) is 17.9 Å². The average Bonchev–Trinajstić information content (AvgIpc) is 2.88. The molecule has 0 aliphatic carbocycles. The molecule has 0 unspecified atom stereocenters. The molecule has 2 aromatic rings. The van der Waals surface area contributed by atoms with Gasteiger partial charge in [-0.05, 0) is 23.6 Å². The molecule has 1 aromatic heterocycles. The molecule has 0 aliphatic heterocycles. The van der Waals surface area contributed by atoms with E-state index in [0.717, 1.165) is 4.88 Å². The van der Waals surface area contributed by atoms with Crippen molar-refractivity contribution in [2.75, 3.05) is 0 Å². The van der Waals surface area contributed by atoms with Crippen LogP contribution in [0.2, 0.25) is 10.0 Å². The Bertz CT molecular complexity index is 773. The number of aromatic carboxylic acids is 1. The second-order valence-corrected chi connectivity index (χ2v) is 7.50. The third kappa shape index (κ3) is 3.56. The molecule has 5 nitrogen and oxygen atoms in total. The van der Waals surface area contributed by atoms with Crippen LogP contribution in [0.3, 0.4) is 0 Å². The molecule has 0 bridgehead atoms. The summed E-state index contributed by atoms with van der Waals surface area (Å²) >= 11 is 13.0. The number of carbonyl (C=O) groups is 1. The van der Waals surface area contributed by atoms with Crippen molar-refractivity contribution in [3.63, 3.8) is 0 Å². The van der Waals surface area contributed by atoms with E-state index in [1.807, 2.05) is 5.38 Å². The highest BCUT2D eigenvalue weighted by atomic mass is 35.5. The van der Waals surface area contributed by atoms with E-state index < -0.39 is 26.6 Å². The number of carboxylic acids is 1.